The molecule has 0 aliphatic carbocycles. The summed E-state index contributed by atoms with van der Waals surface area (Å²) >= 11 is 0. The third kappa shape index (κ3) is 2.18. The molecule has 0 saturated carbocycles. The van der Waals surface area contributed by atoms with Gasteiger partial charge < -0.3 is 5.32 Å². The second-order valence-electron chi connectivity index (χ2n) is 7.12. The van der Waals surface area contributed by atoms with Gasteiger partial charge in [0.1, 0.15) is 5.82 Å². The molecule has 0 fully saturated rings. The van der Waals surface area contributed by atoms with E-state index in [1.54, 1.807) is 27.9 Å². The number of fused-ring (bicyclic) bond motifs is 2. The van der Waals surface area contributed by atoms with Gasteiger partial charge in [0, 0.05) is 32.5 Å². The molecule has 2 N–H and O–H groups in total. The van der Waals surface area contributed by atoms with Crippen LogP contribution in [-0.4, -0.2) is 24.8 Å². The molecule has 0 bridgehead atoms. The predicted octanol–water partition coefficient (Wildman–Crippen LogP) is 1.42. The molecule has 26 heavy (non-hydrogen) atoms. The zero-order chi connectivity index (χ0) is 18.7. The molecule has 1 amide bonds. The zero-order valence-corrected chi connectivity index (χ0v) is 15.2. The molecule has 4 rings (SSSR count). The lowest BCUT2D eigenvalue weighted by Gasteiger charge is -2.24. The number of rotatable bonds is 2. The van der Waals surface area contributed by atoms with Crippen molar-refractivity contribution in [2.75, 3.05) is 5.32 Å². The maximum atomic E-state index is 12.6. The van der Waals surface area contributed by atoms with Gasteiger partial charge in [-0.2, -0.15) is 0 Å². The number of amides is 1. The molecule has 1 aliphatic heterocycles. The standard InChI is InChI=1S/C18H21N5O3/c1-9(2)23-16-15(17(25)20-23)11(8-14(24)19-16)10-5-6-12-13(7-10)22(4)18(26)21(12)3/h5-7,9,11H,8H2,1-4H3,(H,19,24)(H,20,25). The summed E-state index contributed by atoms with van der Waals surface area (Å²) in [7, 11) is 3.44. The highest BCUT2D eigenvalue weighted by molar-refractivity contribution is 5.94. The lowest BCUT2D eigenvalue weighted by atomic mass is 9.87. The highest BCUT2D eigenvalue weighted by Gasteiger charge is 2.33. The van der Waals surface area contributed by atoms with Crippen molar-refractivity contribution in [3.63, 3.8) is 0 Å². The number of hydrogen-bond donors (Lipinski definition) is 2. The van der Waals surface area contributed by atoms with Crippen LogP contribution < -0.4 is 16.6 Å². The van der Waals surface area contributed by atoms with Crippen molar-refractivity contribution in [3.05, 3.63) is 50.2 Å². The van der Waals surface area contributed by atoms with E-state index in [2.05, 4.69) is 10.4 Å². The molecule has 1 atom stereocenters. The van der Waals surface area contributed by atoms with Crippen molar-refractivity contribution in [3.8, 4) is 0 Å². The maximum absolute atomic E-state index is 12.6. The number of nitrogens with one attached hydrogen (secondary N) is 2. The van der Waals surface area contributed by atoms with Gasteiger partial charge in [0.05, 0.1) is 16.6 Å². The van der Waals surface area contributed by atoms with E-state index in [4.69, 9.17) is 0 Å². The summed E-state index contributed by atoms with van der Waals surface area (Å²) in [5.41, 5.74) is 2.71. The van der Waals surface area contributed by atoms with Gasteiger partial charge in [-0.25, -0.2) is 4.79 Å². The summed E-state index contributed by atoms with van der Waals surface area (Å²) in [6, 6.07) is 5.67. The van der Waals surface area contributed by atoms with E-state index >= 15 is 0 Å². The first-order valence-electron chi connectivity index (χ1n) is 8.59. The first-order chi connectivity index (χ1) is 12.3. The van der Waals surface area contributed by atoms with Crippen LogP contribution in [0.25, 0.3) is 11.0 Å². The van der Waals surface area contributed by atoms with E-state index in [9.17, 15) is 14.4 Å². The van der Waals surface area contributed by atoms with Crippen molar-refractivity contribution in [2.24, 2.45) is 14.1 Å². The minimum Gasteiger partial charge on any atom is -0.311 e. The van der Waals surface area contributed by atoms with Gasteiger partial charge in [0.25, 0.3) is 5.56 Å². The van der Waals surface area contributed by atoms with E-state index in [1.165, 1.54) is 0 Å². The van der Waals surface area contributed by atoms with Crippen LogP contribution in [0.15, 0.2) is 27.8 Å². The number of H-pyrrole nitrogens is 1. The van der Waals surface area contributed by atoms with Gasteiger partial charge in [-0.3, -0.25) is 28.5 Å². The molecule has 0 spiro atoms. The van der Waals surface area contributed by atoms with Crippen LogP contribution in [0.5, 0.6) is 0 Å². The second-order valence-corrected chi connectivity index (χ2v) is 7.12. The Kier molecular flexibility index (Phi) is 3.47. The number of carbonyl (C=O) groups excluding carboxylic acids is 1. The number of aromatic amines is 1. The van der Waals surface area contributed by atoms with E-state index in [1.807, 2.05) is 32.0 Å². The van der Waals surface area contributed by atoms with E-state index in [-0.39, 0.29) is 35.5 Å². The molecule has 0 saturated heterocycles. The Morgan fingerprint density at radius 3 is 2.46 bits per heavy atom. The highest BCUT2D eigenvalue weighted by atomic mass is 16.2. The molecular formula is C18H21N5O3. The van der Waals surface area contributed by atoms with Gasteiger partial charge >= 0.3 is 5.69 Å². The van der Waals surface area contributed by atoms with Gasteiger partial charge in [-0.15, -0.1) is 0 Å². The van der Waals surface area contributed by atoms with Crippen molar-refractivity contribution in [1.29, 1.82) is 0 Å². The van der Waals surface area contributed by atoms with Gasteiger partial charge in [0.15, 0.2) is 0 Å². The molecule has 0 radical (unpaired) electrons. The molecule has 3 heterocycles. The van der Waals surface area contributed by atoms with E-state index in [0.717, 1.165) is 16.6 Å². The number of hydrogen-bond acceptors (Lipinski definition) is 3. The fourth-order valence-electron chi connectivity index (χ4n) is 3.80. The van der Waals surface area contributed by atoms with Crippen LogP contribution in [0.2, 0.25) is 0 Å². The van der Waals surface area contributed by atoms with Crippen molar-refractivity contribution in [1.82, 2.24) is 18.9 Å². The average molecular weight is 355 g/mol. The molecule has 2 aromatic heterocycles. The minimum absolute atomic E-state index is 0.0166. The molecule has 136 valence electrons. The molecule has 1 aliphatic rings. The van der Waals surface area contributed by atoms with Crippen molar-refractivity contribution in [2.45, 2.75) is 32.2 Å². The molecule has 8 nitrogen and oxygen atoms in total. The zero-order valence-electron chi connectivity index (χ0n) is 15.2. The molecule has 1 unspecified atom stereocenters. The average Bonchev–Trinajstić information content (AvgIpc) is 3.04. The smallest absolute Gasteiger partial charge is 0.311 e. The summed E-state index contributed by atoms with van der Waals surface area (Å²) in [6.07, 6.45) is 0.199. The van der Waals surface area contributed by atoms with Crippen molar-refractivity contribution >= 4 is 22.8 Å². The SMILES string of the molecule is CC(C)n1[nH]c(=O)c2c1NC(=O)CC2c1ccc2c(c1)n(C)c(=O)n2C. The summed E-state index contributed by atoms with van der Waals surface area (Å²) in [5, 5.41) is 5.65. The monoisotopic (exact) mass is 355 g/mol. The van der Waals surface area contributed by atoms with Crippen LogP contribution >= 0.6 is 0 Å². The molecule has 8 heteroatoms. The number of benzene rings is 1. The largest absolute Gasteiger partial charge is 0.328 e. The first-order valence-corrected chi connectivity index (χ1v) is 8.59. The van der Waals surface area contributed by atoms with Crippen LogP contribution in [0, 0.1) is 0 Å². The third-order valence-corrected chi connectivity index (χ3v) is 5.17. The van der Waals surface area contributed by atoms with Crippen LogP contribution in [0.4, 0.5) is 5.82 Å². The Morgan fingerprint density at radius 1 is 1.08 bits per heavy atom. The number of imidazole rings is 1. The molecule has 1 aromatic carbocycles. The van der Waals surface area contributed by atoms with Crippen LogP contribution in [-0.2, 0) is 18.9 Å². The van der Waals surface area contributed by atoms with Gasteiger partial charge in [-0.05, 0) is 31.5 Å². The van der Waals surface area contributed by atoms with Gasteiger partial charge in [0.2, 0.25) is 5.91 Å². The lowest BCUT2D eigenvalue weighted by molar-refractivity contribution is -0.116. The summed E-state index contributed by atoms with van der Waals surface area (Å²) < 4.78 is 4.85. The van der Waals surface area contributed by atoms with Crippen LogP contribution in [0.3, 0.4) is 0 Å². The topological polar surface area (TPSA) is 93.8 Å². The quantitative estimate of drug-likeness (QED) is 0.728. The first kappa shape index (κ1) is 16.4. The van der Waals surface area contributed by atoms with Crippen molar-refractivity contribution < 1.29 is 4.79 Å². The molecular weight excluding hydrogens is 334 g/mol. The lowest BCUT2D eigenvalue weighted by Crippen LogP contribution is -2.27. The Morgan fingerprint density at radius 2 is 1.77 bits per heavy atom. The number of aromatic nitrogens is 4. The third-order valence-electron chi connectivity index (χ3n) is 5.17. The number of carbonyl (C=O) groups is 1. The van der Waals surface area contributed by atoms with E-state index < -0.39 is 0 Å². The van der Waals surface area contributed by atoms with Crippen LogP contribution in [0.1, 0.15) is 43.4 Å². The summed E-state index contributed by atoms with van der Waals surface area (Å²) in [5.74, 6) is 0.0634. The summed E-state index contributed by atoms with van der Waals surface area (Å²) in [4.78, 5) is 37.0. The fraction of sp³-hybridized carbons (Fsp3) is 0.389. The Balaban J connectivity index is 1.94. The number of nitrogens with zero attached hydrogens (tertiary/aromatic N) is 3. The maximum Gasteiger partial charge on any atom is 0.328 e. The van der Waals surface area contributed by atoms with Gasteiger partial charge in [-0.1, -0.05) is 6.07 Å². The predicted molar refractivity (Wildman–Crippen MR) is 98.7 cm³/mol. The minimum atomic E-state index is -0.345. The second kappa shape index (κ2) is 5.48. The summed E-state index contributed by atoms with van der Waals surface area (Å²) in [6.45, 7) is 3.88. The molecule has 3 aromatic rings. The number of aryl methyl sites for hydroxylation is 2. The Labute approximate surface area is 149 Å². The number of anilines is 1. The Hall–Kier alpha value is -3.03. The fourth-order valence-corrected chi connectivity index (χ4v) is 3.80. The Bertz CT molecular complexity index is 1160. The normalized spacial score (nSPS) is 17.0. The van der Waals surface area contributed by atoms with E-state index in [0.29, 0.717) is 11.4 Å². The highest BCUT2D eigenvalue weighted by Crippen LogP contribution is 2.36.